The number of rotatable bonds is 26. The third-order valence-corrected chi connectivity index (χ3v) is 25.0. The Kier molecular flexibility index (Phi) is 19.0. The van der Waals surface area contributed by atoms with Crippen molar-refractivity contribution >= 4 is 42.3 Å². The SMILES string of the molecule is C=CCCCCCCCCCC[Si](C)(O[Si](C)(C)C)O[Si](C)(CCCOCC(F)(F)C(F)(F)C(F)(F)F)O[Si](C)(C)O[Si](C)(C)C. The van der Waals surface area contributed by atoms with E-state index >= 15 is 0 Å². The van der Waals surface area contributed by atoms with Gasteiger partial charge in [0, 0.05) is 6.61 Å². The van der Waals surface area contributed by atoms with Crippen LogP contribution < -0.4 is 0 Å². The van der Waals surface area contributed by atoms with Gasteiger partial charge in [0.15, 0.2) is 16.6 Å². The molecule has 0 saturated heterocycles. The molecule has 5 nitrogen and oxygen atoms in total. The highest BCUT2D eigenvalue weighted by Gasteiger charge is 2.73. The molecule has 0 amide bonds. The molecular formula is C29H61F7O5Si5. The van der Waals surface area contributed by atoms with E-state index in [1.807, 2.05) is 51.9 Å². The van der Waals surface area contributed by atoms with Crippen molar-refractivity contribution < 1.29 is 51.9 Å². The highest BCUT2D eigenvalue weighted by Crippen LogP contribution is 2.46. The molecule has 0 spiro atoms. The lowest BCUT2D eigenvalue weighted by Gasteiger charge is -2.44. The van der Waals surface area contributed by atoms with Crippen molar-refractivity contribution in [3.05, 3.63) is 12.7 Å². The van der Waals surface area contributed by atoms with E-state index in [1.165, 1.54) is 32.1 Å². The van der Waals surface area contributed by atoms with Crippen LogP contribution >= 0.6 is 0 Å². The predicted octanol–water partition coefficient (Wildman–Crippen LogP) is 11.5. The monoisotopic (exact) mass is 762 g/mol. The summed E-state index contributed by atoms with van der Waals surface area (Å²) in [6.07, 6.45) is 5.74. The fraction of sp³-hybridized carbons (Fsp3) is 0.931. The zero-order valence-electron chi connectivity index (χ0n) is 29.9. The van der Waals surface area contributed by atoms with E-state index in [9.17, 15) is 30.7 Å². The number of ether oxygens (including phenoxy) is 1. The van der Waals surface area contributed by atoms with E-state index in [4.69, 9.17) is 16.5 Å². The van der Waals surface area contributed by atoms with Gasteiger partial charge in [0.1, 0.15) is 6.61 Å². The summed E-state index contributed by atoms with van der Waals surface area (Å²) in [5.74, 6) is -11.6. The first-order valence-electron chi connectivity index (χ1n) is 16.4. The molecule has 0 aromatic carbocycles. The largest absolute Gasteiger partial charge is 0.459 e. The summed E-state index contributed by atoms with van der Waals surface area (Å²) in [4.78, 5) is 0. The molecule has 2 atom stereocenters. The van der Waals surface area contributed by atoms with E-state index in [0.29, 0.717) is 0 Å². The van der Waals surface area contributed by atoms with Gasteiger partial charge in [0.2, 0.25) is 0 Å². The van der Waals surface area contributed by atoms with Crippen molar-refractivity contribution in [1.82, 2.24) is 0 Å². The van der Waals surface area contributed by atoms with Crippen LogP contribution in [0, 0.1) is 0 Å². The molecule has 2 unspecified atom stereocenters. The van der Waals surface area contributed by atoms with Gasteiger partial charge in [-0.3, -0.25) is 0 Å². The maximum atomic E-state index is 13.7. The molecule has 0 aliphatic rings. The van der Waals surface area contributed by atoms with E-state index in [0.717, 1.165) is 31.7 Å². The molecule has 0 rings (SSSR count). The molecule has 46 heavy (non-hydrogen) atoms. The van der Waals surface area contributed by atoms with E-state index in [2.05, 4.69) is 31.0 Å². The normalized spacial score (nSPS) is 16.7. The van der Waals surface area contributed by atoms with Crippen molar-refractivity contribution in [2.75, 3.05) is 13.2 Å². The molecule has 0 bridgehead atoms. The second-order valence-corrected chi connectivity index (χ2v) is 34.9. The molecule has 0 saturated carbocycles. The molecule has 0 aromatic heterocycles. The van der Waals surface area contributed by atoms with Crippen molar-refractivity contribution in [2.24, 2.45) is 0 Å². The summed E-state index contributed by atoms with van der Waals surface area (Å²) in [6, 6.07) is 0.984. The zero-order chi connectivity index (χ0) is 36.1. The van der Waals surface area contributed by atoms with Gasteiger partial charge in [-0.25, -0.2) is 0 Å². The molecule has 276 valence electrons. The van der Waals surface area contributed by atoms with E-state index in [-0.39, 0.29) is 12.5 Å². The lowest BCUT2D eigenvalue weighted by molar-refractivity contribution is -0.361. The molecule has 0 aromatic rings. The fourth-order valence-electron chi connectivity index (χ4n) is 5.42. The van der Waals surface area contributed by atoms with E-state index < -0.39 is 73.6 Å². The van der Waals surface area contributed by atoms with Crippen LogP contribution in [-0.2, 0) is 21.2 Å². The van der Waals surface area contributed by atoms with Crippen LogP contribution in [0.1, 0.15) is 64.2 Å². The number of halogens is 7. The van der Waals surface area contributed by atoms with Crippen LogP contribution in [-0.4, -0.2) is 73.6 Å². The second kappa shape index (κ2) is 18.9. The minimum Gasteiger partial charge on any atom is -0.437 e. The number of unbranched alkanes of at least 4 members (excludes halogenated alkanes) is 8. The molecule has 0 aliphatic heterocycles. The van der Waals surface area contributed by atoms with E-state index in [1.54, 1.807) is 0 Å². The summed E-state index contributed by atoms with van der Waals surface area (Å²) >= 11 is 0. The van der Waals surface area contributed by atoms with Gasteiger partial charge in [0.25, 0.3) is 0 Å². The van der Waals surface area contributed by atoms with Crippen molar-refractivity contribution in [2.45, 2.75) is 160 Å². The fourth-order valence-corrected chi connectivity index (χ4v) is 29.2. The van der Waals surface area contributed by atoms with Crippen molar-refractivity contribution in [3.63, 3.8) is 0 Å². The molecule has 0 heterocycles. The molecule has 0 fully saturated rings. The number of hydrogen-bond donors (Lipinski definition) is 0. The van der Waals surface area contributed by atoms with Gasteiger partial charge in [0.05, 0.1) is 0 Å². The van der Waals surface area contributed by atoms with Gasteiger partial charge in [-0.05, 0) is 96.8 Å². The average molecular weight is 763 g/mol. The van der Waals surface area contributed by atoms with Crippen LogP contribution in [0.4, 0.5) is 30.7 Å². The Morgan fingerprint density at radius 2 is 0.978 bits per heavy atom. The topological polar surface area (TPSA) is 46.2 Å². The van der Waals surface area contributed by atoms with Gasteiger partial charge in [-0.2, -0.15) is 30.7 Å². The Morgan fingerprint density at radius 1 is 0.543 bits per heavy atom. The van der Waals surface area contributed by atoms with Crippen LogP contribution in [0.5, 0.6) is 0 Å². The summed E-state index contributed by atoms with van der Waals surface area (Å²) in [7, 11) is -12.8. The highest BCUT2D eigenvalue weighted by atomic mass is 28.5. The minimum atomic E-state index is -6.39. The molecular weight excluding hydrogens is 702 g/mol. The maximum Gasteiger partial charge on any atom is 0.459 e. The minimum absolute atomic E-state index is 0.0675. The number of alkyl halides is 7. The number of allylic oxidation sites excluding steroid dienone is 1. The molecule has 0 aliphatic carbocycles. The predicted molar refractivity (Wildman–Crippen MR) is 184 cm³/mol. The zero-order valence-corrected chi connectivity index (χ0v) is 34.9. The molecule has 17 heteroatoms. The summed E-state index contributed by atoms with van der Waals surface area (Å²) in [5.41, 5.74) is 0. The van der Waals surface area contributed by atoms with Crippen molar-refractivity contribution in [1.29, 1.82) is 0 Å². The quantitative estimate of drug-likeness (QED) is 0.0380. The van der Waals surface area contributed by atoms with Crippen LogP contribution in [0.3, 0.4) is 0 Å². The molecule has 0 N–H and O–H groups in total. The van der Waals surface area contributed by atoms with Gasteiger partial charge >= 0.3 is 43.7 Å². The Morgan fingerprint density at radius 3 is 1.43 bits per heavy atom. The maximum absolute atomic E-state index is 13.7. The van der Waals surface area contributed by atoms with Gasteiger partial charge < -0.3 is 21.2 Å². The first-order chi connectivity index (χ1) is 20.6. The summed E-state index contributed by atoms with van der Waals surface area (Å²) < 4.78 is 123. The lowest BCUT2D eigenvalue weighted by atomic mass is 10.1. The van der Waals surface area contributed by atoms with Gasteiger partial charge in [-0.1, -0.05) is 51.0 Å². The Bertz CT molecular complexity index is 886. The standard InChI is InChI=1S/C29H61F7O5Si5/c1-12-13-14-15-16-17-18-19-20-21-24-45(10,39-43(5,6)7)41-46(11,40-44(8,9)38-42(2,3)4)25-22-23-37-26-27(30,31)28(32,33)29(34,35)36/h12H,1,13-26H2,2-11H3. The van der Waals surface area contributed by atoms with Crippen LogP contribution in [0.25, 0.3) is 0 Å². The molecule has 0 radical (unpaired) electrons. The Hall–Kier alpha value is 0.134. The Balaban J connectivity index is 5.63. The second-order valence-electron chi connectivity index (χ2n) is 14.9. The number of hydrogen-bond acceptors (Lipinski definition) is 5. The summed E-state index contributed by atoms with van der Waals surface area (Å²) in [6.45, 7) is 21.4. The lowest BCUT2D eigenvalue weighted by Crippen LogP contribution is -2.60. The summed E-state index contributed by atoms with van der Waals surface area (Å²) in [5, 5.41) is 0. The first kappa shape index (κ1) is 46.1. The van der Waals surface area contributed by atoms with Gasteiger partial charge in [-0.15, -0.1) is 6.58 Å². The smallest absolute Gasteiger partial charge is 0.437 e. The third kappa shape index (κ3) is 19.4. The average Bonchev–Trinajstić information content (AvgIpc) is 2.80. The first-order valence-corrected chi connectivity index (χ1v) is 31.1. The van der Waals surface area contributed by atoms with Crippen molar-refractivity contribution in [3.8, 4) is 0 Å². The third-order valence-electron chi connectivity index (χ3n) is 6.77. The Labute approximate surface area is 279 Å². The van der Waals surface area contributed by atoms with Crippen LogP contribution in [0.2, 0.25) is 77.6 Å². The highest BCUT2D eigenvalue weighted by molar-refractivity contribution is 6.90. The van der Waals surface area contributed by atoms with Crippen LogP contribution in [0.15, 0.2) is 12.7 Å².